The summed E-state index contributed by atoms with van der Waals surface area (Å²) in [5.41, 5.74) is 2.53. The monoisotopic (exact) mass is 245 g/mol. The van der Waals surface area contributed by atoms with Gasteiger partial charge in [0.2, 0.25) is 0 Å². The third kappa shape index (κ3) is 2.62. The molecule has 1 aliphatic rings. The Labute approximate surface area is 108 Å². The molecule has 0 amide bonds. The number of nitriles is 1. The smallest absolute Gasteiger partial charge is 0.144 e. The van der Waals surface area contributed by atoms with Crippen molar-refractivity contribution in [3.8, 4) is 6.07 Å². The minimum absolute atomic E-state index is 0.0307. The second kappa shape index (κ2) is 4.95. The van der Waals surface area contributed by atoms with Gasteiger partial charge in [0.25, 0.3) is 0 Å². The number of nitrogens with zero attached hydrogens (tertiary/aromatic N) is 2. The van der Waals surface area contributed by atoms with Crippen molar-refractivity contribution in [3.05, 3.63) is 22.9 Å². The number of hydrogen-bond acceptors (Lipinski definition) is 4. The van der Waals surface area contributed by atoms with Crippen molar-refractivity contribution in [2.75, 3.05) is 18.5 Å². The number of anilines is 1. The van der Waals surface area contributed by atoms with Gasteiger partial charge in [-0.1, -0.05) is 0 Å². The fourth-order valence-corrected chi connectivity index (χ4v) is 2.30. The maximum Gasteiger partial charge on any atom is 0.144 e. The molecule has 0 unspecified atom stereocenters. The molecule has 4 nitrogen and oxygen atoms in total. The van der Waals surface area contributed by atoms with Crippen molar-refractivity contribution in [2.24, 2.45) is 0 Å². The van der Waals surface area contributed by atoms with E-state index in [-0.39, 0.29) is 5.54 Å². The fraction of sp³-hybridized carbons (Fsp3) is 0.571. The van der Waals surface area contributed by atoms with Crippen LogP contribution < -0.4 is 5.32 Å². The van der Waals surface area contributed by atoms with Gasteiger partial charge in [-0.15, -0.1) is 0 Å². The van der Waals surface area contributed by atoms with Crippen LogP contribution in [0.15, 0.2) is 6.07 Å². The molecule has 0 bridgehead atoms. The lowest BCUT2D eigenvalue weighted by Gasteiger charge is -2.35. The molecule has 1 saturated heterocycles. The molecule has 0 spiro atoms. The molecule has 0 saturated carbocycles. The molecule has 4 heteroatoms. The van der Waals surface area contributed by atoms with E-state index in [1.807, 2.05) is 19.9 Å². The number of pyridine rings is 1. The number of hydrogen-bond donors (Lipinski definition) is 1. The van der Waals surface area contributed by atoms with Crippen LogP contribution in [0.5, 0.6) is 0 Å². The first-order valence-corrected chi connectivity index (χ1v) is 6.28. The Kier molecular flexibility index (Phi) is 3.53. The Balaban J connectivity index is 2.31. The van der Waals surface area contributed by atoms with E-state index in [9.17, 15) is 5.26 Å². The van der Waals surface area contributed by atoms with Crippen LogP contribution in [-0.2, 0) is 4.74 Å². The molecule has 1 aromatic rings. The van der Waals surface area contributed by atoms with Crippen molar-refractivity contribution in [1.29, 1.82) is 5.26 Å². The molecule has 1 aliphatic heterocycles. The lowest BCUT2D eigenvalue weighted by molar-refractivity contribution is 0.0657. The van der Waals surface area contributed by atoms with Gasteiger partial charge in [0.15, 0.2) is 0 Å². The minimum atomic E-state index is -0.0307. The molecular weight excluding hydrogens is 226 g/mol. The van der Waals surface area contributed by atoms with E-state index in [2.05, 4.69) is 23.3 Å². The second-order valence-electron chi connectivity index (χ2n) is 5.21. The predicted octanol–water partition coefficient (Wildman–Crippen LogP) is 2.55. The van der Waals surface area contributed by atoms with Crippen molar-refractivity contribution in [3.63, 3.8) is 0 Å². The highest BCUT2D eigenvalue weighted by atomic mass is 16.5. The summed E-state index contributed by atoms with van der Waals surface area (Å²) in [5, 5.41) is 12.7. The van der Waals surface area contributed by atoms with Crippen molar-refractivity contribution in [1.82, 2.24) is 4.98 Å². The molecule has 0 atom stereocenters. The summed E-state index contributed by atoms with van der Waals surface area (Å²) < 4.78 is 5.38. The Bertz CT molecular complexity index is 485. The Morgan fingerprint density at radius 1 is 1.39 bits per heavy atom. The number of nitrogens with one attached hydrogen (secondary N) is 1. The first kappa shape index (κ1) is 12.8. The second-order valence-corrected chi connectivity index (χ2v) is 5.21. The summed E-state index contributed by atoms with van der Waals surface area (Å²) in [4.78, 5) is 4.47. The zero-order valence-corrected chi connectivity index (χ0v) is 11.2. The van der Waals surface area contributed by atoms with Gasteiger partial charge in [-0.25, -0.2) is 4.98 Å². The predicted molar refractivity (Wildman–Crippen MR) is 70.5 cm³/mol. The molecule has 18 heavy (non-hydrogen) atoms. The molecule has 1 fully saturated rings. The lowest BCUT2D eigenvalue weighted by atomic mass is 9.92. The normalized spacial score (nSPS) is 18.1. The number of aryl methyl sites for hydroxylation is 2. The molecule has 2 heterocycles. The zero-order valence-electron chi connectivity index (χ0n) is 11.2. The third-order valence-electron chi connectivity index (χ3n) is 3.47. The lowest BCUT2D eigenvalue weighted by Crippen LogP contribution is -2.41. The van der Waals surface area contributed by atoms with Gasteiger partial charge in [0, 0.05) is 24.4 Å². The van der Waals surface area contributed by atoms with Gasteiger partial charge in [0.1, 0.15) is 11.9 Å². The van der Waals surface area contributed by atoms with Crippen LogP contribution in [0.3, 0.4) is 0 Å². The summed E-state index contributed by atoms with van der Waals surface area (Å²) in [5.74, 6) is 0.708. The van der Waals surface area contributed by atoms with Crippen molar-refractivity contribution < 1.29 is 4.74 Å². The third-order valence-corrected chi connectivity index (χ3v) is 3.47. The van der Waals surface area contributed by atoms with Gasteiger partial charge >= 0.3 is 0 Å². The SMILES string of the molecule is Cc1cc(C)c(C#N)c(NC2(C)CCOCC2)n1. The maximum absolute atomic E-state index is 9.25. The molecule has 96 valence electrons. The van der Waals surface area contributed by atoms with Gasteiger partial charge in [0.05, 0.1) is 5.56 Å². The van der Waals surface area contributed by atoms with Crippen LogP contribution in [0, 0.1) is 25.2 Å². The van der Waals surface area contributed by atoms with E-state index in [1.165, 1.54) is 0 Å². The van der Waals surface area contributed by atoms with Crippen molar-refractivity contribution >= 4 is 5.82 Å². The fourth-order valence-electron chi connectivity index (χ4n) is 2.30. The Morgan fingerprint density at radius 3 is 2.67 bits per heavy atom. The summed E-state index contributed by atoms with van der Waals surface area (Å²) in [6, 6.07) is 4.18. The van der Waals surface area contributed by atoms with Gasteiger partial charge in [-0.05, 0) is 45.2 Å². The van der Waals surface area contributed by atoms with Gasteiger partial charge in [-0.3, -0.25) is 0 Å². The van der Waals surface area contributed by atoms with Crippen LogP contribution in [0.1, 0.15) is 36.6 Å². The quantitative estimate of drug-likeness (QED) is 0.870. The average Bonchev–Trinajstić information content (AvgIpc) is 2.28. The molecular formula is C14H19N3O. The number of ether oxygens (including phenoxy) is 1. The van der Waals surface area contributed by atoms with E-state index >= 15 is 0 Å². The Hall–Kier alpha value is -1.60. The van der Waals surface area contributed by atoms with Gasteiger partial charge < -0.3 is 10.1 Å². The minimum Gasteiger partial charge on any atom is -0.381 e. The molecule has 1 aromatic heterocycles. The van der Waals surface area contributed by atoms with E-state index in [0.717, 1.165) is 37.3 Å². The van der Waals surface area contributed by atoms with Crippen LogP contribution >= 0.6 is 0 Å². The summed E-state index contributed by atoms with van der Waals surface area (Å²) >= 11 is 0. The summed E-state index contributed by atoms with van der Waals surface area (Å²) in [6.45, 7) is 7.58. The van der Waals surface area contributed by atoms with E-state index in [1.54, 1.807) is 0 Å². The summed E-state index contributed by atoms with van der Waals surface area (Å²) in [7, 11) is 0. The highest BCUT2D eigenvalue weighted by molar-refractivity contribution is 5.57. The molecule has 0 aliphatic carbocycles. The molecule has 0 radical (unpaired) electrons. The first-order valence-electron chi connectivity index (χ1n) is 6.28. The standard InChI is InChI=1S/C14H19N3O/c1-10-8-11(2)16-13(12(10)9-15)17-14(3)4-6-18-7-5-14/h8H,4-7H2,1-3H3,(H,16,17). The van der Waals surface area contributed by atoms with Crippen LogP contribution in [0.2, 0.25) is 0 Å². The largest absolute Gasteiger partial charge is 0.381 e. The Morgan fingerprint density at radius 2 is 2.06 bits per heavy atom. The van der Waals surface area contributed by atoms with E-state index < -0.39 is 0 Å². The average molecular weight is 245 g/mol. The van der Waals surface area contributed by atoms with Crippen molar-refractivity contribution in [2.45, 2.75) is 39.2 Å². The number of rotatable bonds is 2. The van der Waals surface area contributed by atoms with Gasteiger partial charge in [-0.2, -0.15) is 5.26 Å². The van der Waals surface area contributed by atoms with E-state index in [0.29, 0.717) is 11.4 Å². The number of aromatic nitrogens is 1. The topological polar surface area (TPSA) is 57.9 Å². The molecule has 1 N–H and O–H groups in total. The highest BCUT2D eigenvalue weighted by Crippen LogP contribution is 2.27. The summed E-state index contributed by atoms with van der Waals surface area (Å²) in [6.07, 6.45) is 1.87. The van der Waals surface area contributed by atoms with Crippen LogP contribution in [-0.4, -0.2) is 23.7 Å². The van der Waals surface area contributed by atoms with E-state index in [4.69, 9.17) is 4.74 Å². The highest BCUT2D eigenvalue weighted by Gasteiger charge is 2.28. The molecule has 0 aromatic carbocycles. The first-order chi connectivity index (χ1) is 8.54. The maximum atomic E-state index is 9.25. The van der Waals surface area contributed by atoms with Crippen LogP contribution in [0.25, 0.3) is 0 Å². The zero-order chi connectivity index (χ0) is 13.2. The molecule has 2 rings (SSSR count). The van der Waals surface area contributed by atoms with Crippen LogP contribution in [0.4, 0.5) is 5.82 Å².